The molecule has 0 bridgehead atoms. The molecule has 2 aliphatic heterocycles. The van der Waals surface area contributed by atoms with Crippen molar-refractivity contribution in [2.75, 3.05) is 13.2 Å². The van der Waals surface area contributed by atoms with E-state index in [1.54, 1.807) is 0 Å². The van der Waals surface area contributed by atoms with Crippen LogP contribution in [0.5, 0.6) is 0 Å². The smallest absolute Gasteiger partial charge is 0.115 e. The van der Waals surface area contributed by atoms with Crippen molar-refractivity contribution < 1.29 is 28.4 Å². The van der Waals surface area contributed by atoms with E-state index in [9.17, 15) is 0 Å². The highest BCUT2D eigenvalue weighted by atomic mass is 16.7. The molecule has 10 unspecified atom stereocenters. The Labute approximate surface area is 209 Å². The molecule has 0 radical (unpaired) electrons. The van der Waals surface area contributed by atoms with Crippen molar-refractivity contribution in [2.45, 2.75) is 168 Å². The third kappa shape index (κ3) is 8.41. The molecule has 0 aromatic heterocycles. The molecule has 2 rings (SSSR count). The third-order valence-electron chi connectivity index (χ3n) is 7.85. The minimum Gasteiger partial charge on any atom is -0.375 e. The van der Waals surface area contributed by atoms with Gasteiger partial charge in [0.2, 0.25) is 0 Å². The Balaban J connectivity index is 1.94. The second-order valence-electron chi connectivity index (χ2n) is 11.3. The van der Waals surface area contributed by atoms with Crippen molar-refractivity contribution in [2.24, 2.45) is 0 Å². The minimum absolute atomic E-state index is 0.0834. The predicted molar refractivity (Wildman–Crippen MR) is 136 cm³/mol. The fraction of sp³-hybridized carbons (Fsp3) is 1.00. The van der Waals surface area contributed by atoms with Crippen molar-refractivity contribution in [3.63, 3.8) is 0 Å². The summed E-state index contributed by atoms with van der Waals surface area (Å²) in [5.74, 6) is 0. The van der Waals surface area contributed by atoms with Crippen LogP contribution in [0.15, 0.2) is 0 Å². The minimum atomic E-state index is -0.279. The van der Waals surface area contributed by atoms with Crippen molar-refractivity contribution in [1.29, 1.82) is 0 Å². The van der Waals surface area contributed by atoms with Crippen LogP contribution in [-0.2, 0) is 28.4 Å². The van der Waals surface area contributed by atoms with Gasteiger partial charge in [0.05, 0.1) is 48.8 Å². The second-order valence-corrected chi connectivity index (χ2v) is 11.3. The first kappa shape index (κ1) is 30.0. The quantitative estimate of drug-likeness (QED) is 0.264. The molecule has 6 heteroatoms. The lowest BCUT2D eigenvalue weighted by Crippen LogP contribution is -2.44. The number of fused-ring (bicyclic) bond motifs is 1. The van der Waals surface area contributed by atoms with E-state index >= 15 is 0 Å². The van der Waals surface area contributed by atoms with E-state index in [0.717, 1.165) is 38.5 Å². The van der Waals surface area contributed by atoms with Crippen LogP contribution in [0, 0.1) is 0 Å². The largest absolute Gasteiger partial charge is 0.375 e. The highest BCUT2D eigenvalue weighted by Crippen LogP contribution is 2.37. The number of hydrogen-bond acceptors (Lipinski definition) is 6. The van der Waals surface area contributed by atoms with Gasteiger partial charge in [-0.3, -0.25) is 0 Å². The summed E-state index contributed by atoms with van der Waals surface area (Å²) < 4.78 is 38.0. The van der Waals surface area contributed by atoms with Gasteiger partial charge < -0.3 is 28.4 Å². The average molecular weight is 487 g/mol. The van der Waals surface area contributed by atoms with Crippen LogP contribution >= 0.6 is 0 Å². The van der Waals surface area contributed by atoms with Crippen molar-refractivity contribution in [3.05, 3.63) is 0 Å². The molecule has 0 aromatic rings. The molecule has 0 saturated carbocycles. The summed E-state index contributed by atoms with van der Waals surface area (Å²) in [7, 11) is 0. The Morgan fingerprint density at radius 1 is 0.647 bits per heavy atom. The first-order valence-electron chi connectivity index (χ1n) is 13.9. The van der Waals surface area contributed by atoms with E-state index in [4.69, 9.17) is 28.4 Å². The van der Waals surface area contributed by atoms with Gasteiger partial charge in [0.1, 0.15) is 24.4 Å². The van der Waals surface area contributed by atoms with E-state index in [0.29, 0.717) is 13.2 Å². The van der Waals surface area contributed by atoms with Crippen molar-refractivity contribution in [1.82, 2.24) is 0 Å². The second kappa shape index (κ2) is 13.3. The van der Waals surface area contributed by atoms with Crippen LogP contribution in [0.2, 0.25) is 0 Å². The Bertz CT molecular complexity index is 537. The SMILES string of the molecule is CCC(C)OC(C)CC(C)(CC)OC1COC2C(OC(C)(CC)CC(C)OC(C)CC)COC12. The summed E-state index contributed by atoms with van der Waals surface area (Å²) in [4.78, 5) is 0. The molecule has 0 amide bonds. The van der Waals surface area contributed by atoms with Gasteiger partial charge in [0.25, 0.3) is 0 Å². The molecule has 2 heterocycles. The van der Waals surface area contributed by atoms with Gasteiger partial charge in [0.15, 0.2) is 0 Å². The van der Waals surface area contributed by atoms with Gasteiger partial charge in [0, 0.05) is 12.8 Å². The fourth-order valence-electron chi connectivity index (χ4n) is 5.21. The highest BCUT2D eigenvalue weighted by Gasteiger charge is 2.52. The van der Waals surface area contributed by atoms with E-state index in [1.807, 2.05) is 0 Å². The maximum Gasteiger partial charge on any atom is 0.115 e. The number of hydrogen-bond donors (Lipinski definition) is 0. The van der Waals surface area contributed by atoms with Crippen molar-refractivity contribution in [3.8, 4) is 0 Å². The Hall–Kier alpha value is -0.240. The lowest BCUT2D eigenvalue weighted by atomic mass is 9.94. The van der Waals surface area contributed by atoms with Gasteiger partial charge >= 0.3 is 0 Å². The molecule has 202 valence electrons. The van der Waals surface area contributed by atoms with E-state index in [2.05, 4.69) is 69.2 Å². The molecule has 2 fully saturated rings. The highest BCUT2D eigenvalue weighted by molar-refractivity contribution is 4.98. The standard InChI is InChI=1S/C28H54O6/c1-11-19(5)31-21(7)15-27(9,13-3)33-23-17-29-26-24(18-30-25(23)26)34-28(10,14-4)16-22(8)32-20(6)12-2/h19-26H,11-18H2,1-10H3. The van der Waals surface area contributed by atoms with Gasteiger partial charge in [-0.2, -0.15) is 0 Å². The Morgan fingerprint density at radius 3 is 1.29 bits per heavy atom. The van der Waals surface area contributed by atoms with Gasteiger partial charge in [-0.25, -0.2) is 0 Å². The molecule has 0 aromatic carbocycles. The predicted octanol–water partition coefficient (Wildman–Crippen LogP) is 6.08. The van der Waals surface area contributed by atoms with Gasteiger partial charge in [-0.05, 0) is 67.2 Å². The Kier molecular flexibility index (Phi) is 11.8. The fourth-order valence-corrected chi connectivity index (χ4v) is 5.21. The molecule has 0 N–H and O–H groups in total. The molecule has 2 saturated heterocycles. The lowest BCUT2D eigenvalue weighted by molar-refractivity contribution is -0.153. The molecule has 0 aliphatic carbocycles. The molecular formula is C28H54O6. The average Bonchev–Trinajstić information content (AvgIpc) is 3.36. The molecule has 34 heavy (non-hydrogen) atoms. The number of ether oxygens (including phenoxy) is 6. The van der Waals surface area contributed by atoms with Gasteiger partial charge in [-0.1, -0.05) is 27.7 Å². The lowest BCUT2D eigenvalue weighted by Gasteiger charge is -2.36. The van der Waals surface area contributed by atoms with E-state index in [1.165, 1.54) is 0 Å². The summed E-state index contributed by atoms with van der Waals surface area (Å²) in [5, 5.41) is 0. The van der Waals surface area contributed by atoms with Gasteiger partial charge in [-0.15, -0.1) is 0 Å². The zero-order valence-corrected chi connectivity index (χ0v) is 23.7. The van der Waals surface area contributed by atoms with Crippen LogP contribution in [0.25, 0.3) is 0 Å². The van der Waals surface area contributed by atoms with Crippen LogP contribution in [-0.4, -0.2) is 73.2 Å². The third-order valence-corrected chi connectivity index (χ3v) is 7.85. The Morgan fingerprint density at radius 2 is 1.00 bits per heavy atom. The van der Waals surface area contributed by atoms with E-state index < -0.39 is 0 Å². The summed E-state index contributed by atoms with van der Waals surface area (Å²) in [5.41, 5.74) is -0.558. The normalized spacial score (nSPS) is 31.9. The van der Waals surface area contributed by atoms with Crippen LogP contribution in [0.1, 0.15) is 108 Å². The van der Waals surface area contributed by atoms with E-state index in [-0.39, 0.29) is 60.0 Å². The maximum atomic E-state index is 6.67. The van der Waals surface area contributed by atoms with Crippen molar-refractivity contribution >= 4 is 0 Å². The maximum absolute atomic E-state index is 6.67. The molecule has 10 atom stereocenters. The molecular weight excluding hydrogens is 432 g/mol. The zero-order valence-electron chi connectivity index (χ0n) is 23.7. The molecule has 6 nitrogen and oxygen atoms in total. The first-order valence-corrected chi connectivity index (χ1v) is 13.9. The first-order chi connectivity index (χ1) is 16.0. The molecule has 2 aliphatic rings. The summed E-state index contributed by atoms with van der Waals surface area (Å²) in [6.45, 7) is 22.7. The van der Waals surface area contributed by atoms with Crippen LogP contribution in [0.3, 0.4) is 0 Å². The van der Waals surface area contributed by atoms with Crippen LogP contribution < -0.4 is 0 Å². The molecule has 0 spiro atoms. The summed E-state index contributed by atoms with van der Waals surface area (Å²) in [6, 6.07) is 0. The monoisotopic (exact) mass is 486 g/mol. The topological polar surface area (TPSA) is 55.4 Å². The number of rotatable bonds is 16. The summed E-state index contributed by atoms with van der Waals surface area (Å²) in [6.07, 6.45) is 6.03. The van der Waals surface area contributed by atoms with Crippen LogP contribution in [0.4, 0.5) is 0 Å². The zero-order chi connectivity index (χ0) is 25.5. The summed E-state index contributed by atoms with van der Waals surface area (Å²) >= 11 is 0.